The zero-order chi connectivity index (χ0) is 16.2. The van der Waals surface area contributed by atoms with Gasteiger partial charge < -0.3 is 10.6 Å². The molecule has 0 aromatic heterocycles. The van der Waals surface area contributed by atoms with E-state index in [1.54, 1.807) is 0 Å². The normalized spacial score (nSPS) is 17.1. The number of carbonyl (C=O) groups excluding carboxylic acids is 2. The van der Waals surface area contributed by atoms with Crippen molar-refractivity contribution >= 4 is 29.3 Å². The van der Waals surface area contributed by atoms with Gasteiger partial charge in [0.1, 0.15) is 0 Å². The lowest BCUT2D eigenvalue weighted by atomic mass is 10.1. The standard InChI is InChI=1S/C18H24N2O2S/c1-12-3-2-4-15(9-12)19-16(21)10-23-11-17(22)20-18(13-5-6-13)14-7-8-14/h2-4,9,13-14,18H,5-8,10-11H2,1H3,(H,19,21)(H,20,22). The van der Waals surface area contributed by atoms with E-state index in [4.69, 9.17) is 0 Å². The number of anilines is 1. The van der Waals surface area contributed by atoms with Gasteiger partial charge in [-0.3, -0.25) is 9.59 Å². The van der Waals surface area contributed by atoms with Gasteiger partial charge in [0, 0.05) is 11.7 Å². The number of benzene rings is 1. The largest absolute Gasteiger partial charge is 0.352 e. The van der Waals surface area contributed by atoms with Gasteiger partial charge in [-0.05, 0) is 62.1 Å². The van der Waals surface area contributed by atoms with Gasteiger partial charge in [-0.25, -0.2) is 0 Å². The topological polar surface area (TPSA) is 58.2 Å². The van der Waals surface area contributed by atoms with Gasteiger partial charge in [-0.1, -0.05) is 12.1 Å². The van der Waals surface area contributed by atoms with Gasteiger partial charge in [0.25, 0.3) is 0 Å². The number of hydrogen-bond acceptors (Lipinski definition) is 3. The molecule has 124 valence electrons. The van der Waals surface area contributed by atoms with Gasteiger partial charge >= 0.3 is 0 Å². The smallest absolute Gasteiger partial charge is 0.234 e. The third kappa shape index (κ3) is 5.27. The maximum Gasteiger partial charge on any atom is 0.234 e. The molecule has 5 heteroatoms. The summed E-state index contributed by atoms with van der Waals surface area (Å²) in [6.45, 7) is 1.99. The summed E-state index contributed by atoms with van der Waals surface area (Å²) in [5, 5.41) is 6.04. The first-order valence-electron chi connectivity index (χ1n) is 8.35. The summed E-state index contributed by atoms with van der Waals surface area (Å²) in [5.41, 5.74) is 1.92. The van der Waals surface area contributed by atoms with Gasteiger partial charge in [-0.2, -0.15) is 0 Å². The molecule has 2 saturated carbocycles. The fraction of sp³-hybridized carbons (Fsp3) is 0.556. The van der Waals surface area contributed by atoms with Crippen LogP contribution in [-0.4, -0.2) is 29.4 Å². The first kappa shape index (κ1) is 16.4. The maximum atomic E-state index is 12.0. The molecule has 3 rings (SSSR count). The molecule has 0 saturated heterocycles. The van der Waals surface area contributed by atoms with E-state index in [2.05, 4.69) is 10.6 Å². The predicted octanol–water partition coefficient (Wildman–Crippen LogP) is 2.97. The molecule has 2 aliphatic carbocycles. The molecule has 0 unspecified atom stereocenters. The summed E-state index contributed by atoms with van der Waals surface area (Å²) >= 11 is 1.38. The van der Waals surface area contributed by atoms with Crippen LogP contribution in [0, 0.1) is 18.8 Å². The second kappa shape index (κ2) is 7.39. The number of aryl methyl sites for hydroxylation is 1. The molecule has 1 aromatic rings. The van der Waals surface area contributed by atoms with Crippen molar-refractivity contribution in [2.45, 2.75) is 38.6 Å². The Morgan fingerprint density at radius 2 is 1.78 bits per heavy atom. The number of hydrogen-bond donors (Lipinski definition) is 2. The SMILES string of the molecule is Cc1cccc(NC(=O)CSCC(=O)NC(C2CC2)C2CC2)c1. The highest BCUT2D eigenvalue weighted by atomic mass is 32.2. The molecule has 0 bridgehead atoms. The zero-order valence-corrected chi connectivity index (χ0v) is 14.3. The number of thioether (sulfide) groups is 1. The van der Waals surface area contributed by atoms with E-state index in [0.717, 1.165) is 11.3 Å². The van der Waals surface area contributed by atoms with Gasteiger partial charge in [0.05, 0.1) is 11.5 Å². The third-order valence-electron chi connectivity index (χ3n) is 4.36. The quantitative estimate of drug-likeness (QED) is 0.769. The lowest BCUT2D eigenvalue weighted by Crippen LogP contribution is -2.39. The van der Waals surface area contributed by atoms with Gasteiger partial charge in [0.15, 0.2) is 0 Å². The average Bonchev–Trinajstić information content (AvgIpc) is 3.38. The van der Waals surface area contributed by atoms with Crippen molar-refractivity contribution in [3.05, 3.63) is 29.8 Å². The van der Waals surface area contributed by atoms with E-state index in [1.165, 1.54) is 37.4 Å². The molecular formula is C18H24N2O2S. The van der Waals surface area contributed by atoms with Crippen LogP contribution in [0.25, 0.3) is 0 Å². The Labute approximate surface area is 141 Å². The Hall–Kier alpha value is -1.49. The minimum absolute atomic E-state index is 0.0608. The molecular weight excluding hydrogens is 308 g/mol. The molecule has 1 aromatic carbocycles. The Kier molecular flexibility index (Phi) is 5.26. The van der Waals surface area contributed by atoms with Crippen LogP contribution in [0.15, 0.2) is 24.3 Å². The van der Waals surface area contributed by atoms with Crippen molar-refractivity contribution in [1.29, 1.82) is 0 Å². The average molecular weight is 332 g/mol. The first-order chi connectivity index (χ1) is 11.1. The van der Waals surface area contributed by atoms with Crippen LogP contribution in [-0.2, 0) is 9.59 Å². The van der Waals surface area contributed by atoms with E-state index in [9.17, 15) is 9.59 Å². The van der Waals surface area contributed by atoms with Crippen molar-refractivity contribution in [3.63, 3.8) is 0 Å². The minimum atomic E-state index is -0.0608. The molecule has 0 spiro atoms. The molecule has 0 radical (unpaired) electrons. The predicted molar refractivity (Wildman–Crippen MR) is 94.5 cm³/mol. The number of carbonyl (C=O) groups is 2. The molecule has 0 heterocycles. The van der Waals surface area contributed by atoms with Crippen LogP contribution >= 0.6 is 11.8 Å². The zero-order valence-electron chi connectivity index (χ0n) is 13.5. The fourth-order valence-electron chi connectivity index (χ4n) is 2.92. The lowest BCUT2D eigenvalue weighted by molar-refractivity contribution is -0.119. The summed E-state index contributed by atoms with van der Waals surface area (Å²) in [6.07, 6.45) is 5.03. The highest BCUT2D eigenvalue weighted by molar-refractivity contribution is 8.00. The molecule has 2 fully saturated rings. The van der Waals surface area contributed by atoms with Gasteiger partial charge in [-0.15, -0.1) is 11.8 Å². The highest BCUT2D eigenvalue weighted by Crippen LogP contribution is 2.44. The Morgan fingerprint density at radius 1 is 1.13 bits per heavy atom. The molecule has 2 amide bonds. The summed E-state index contributed by atoms with van der Waals surface area (Å²) in [5.74, 6) is 2.09. The Morgan fingerprint density at radius 3 is 2.39 bits per heavy atom. The van der Waals surface area contributed by atoms with Crippen molar-refractivity contribution in [1.82, 2.24) is 5.32 Å². The van der Waals surface area contributed by atoms with Crippen LogP contribution in [0.3, 0.4) is 0 Å². The Bertz CT molecular complexity index is 570. The van der Waals surface area contributed by atoms with Crippen molar-refractivity contribution in [2.24, 2.45) is 11.8 Å². The summed E-state index contributed by atoms with van der Waals surface area (Å²) in [7, 11) is 0. The second-order valence-corrected chi connectivity index (χ2v) is 7.66. The first-order valence-corrected chi connectivity index (χ1v) is 9.51. The minimum Gasteiger partial charge on any atom is -0.352 e. The van der Waals surface area contributed by atoms with E-state index in [-0.39, 0.29) is 11.8 Å². The van der Waals surface area contributed by atoms with Crippen molar-refractivity contribution < 1.29 is 9.59 Å². The number of rotatable bonds is 8. The lowest BCUT2D eigenvalue weighted by Gasteiger charge is -2.17. The fourth-order valence-corrected chi connectivity index (χ4v) is 3.54. The van der Waals surface area contributed by atoms with Crippen LogP contribution in [0.5, 0.6) is 0 Å². The van der Waals surface area contributed by atoms with E-state index < -0.39 is 0 Å². The van der Waals surface area contributed by atoms with Crippen molar-refractivity contribution in [3.8, 4) is 0 Å². The van der Waals surface area contributed by atoms with Crippen LogP contribution in [0.2, 0.25) is 0 Å². The second-order valence-electron chi connectivity index (χ2n) is 6.68. The summed E-state index contributed by atoms with van der Waals surface area (Å²) in [6, 6.07) is 8.11. The highest BCUT2D eigenvalue weighted by Gasteiger charge is 2.42. The molecule has 0 aliphatic heterocycles. The van der Waals surface area contributed by atoms with Crippen LogP contribution < -0.4 is 10.6 Å². The monoisotopic (exact) mass is 332 g/mol. The van der Waals surface area contributed by atoms with Gasteiger partial charge in [0.2, 0.25) is 11.8 Å². The molecule has 4 nitrogen and oxygen atoms in total. The number of amides is 2. The van der Waals surface area contributed by atoms with Crippen LogP contribution in [0.4, 0.5) is 5.69 Å². The Balaban J connectivity index is 1.35. The number of nitrogens with one attached hydrogen (secondary N) is 2. The molecule has 23 heavy (non-hydrogen) atoms. The van der Waals surface area contributed by atoms with E-state index in [1.807, 2.05) is 31.2 Å². The van der Waals surface area contributed by atoms with Crippen molar-refractivity contribution in [2.75, 3.05) is 16.8 Å². The molecule has 0 atom stereocenters. The van der Waals surface area contributed by atoms with E-state index in [0.29, 0.717) is 29.4 Å². The van der Waals surface area contributed by atoms with E-state index >= 15 is 0 Å². The summed E-state index contributed by atoms with van der Waals surface area (Å²) < 4.78 is 0. The third-order valence-corrected chi connectivity index (χ3v) is 5.29. The molecule has 2 N–H and O–H groups in total. The summed E-state index contributed by atoms with van der Waals surface area (Å²) in [4.78, 5) is 23.9. The van der Waals surface area contributed by atoms with Crippen LogP contribution in [0.1, 0.15) is 31.2 Å². The maximum absolute atomic E-state index is 12.0. The molecule has 2 aliphatic rings.